The van der Waals surface area contributed by atoms with E-state index in [1.54, 1.807) is 12.1 Å². The van der Waals surface area contributed by atoms with Crippen LogP contribution in [0.15, 0.2) is 72.8 Å². The quantitative estimate of drug-likeness (QED) is 0.424. The van der Waals surface area contributed by atoms with Crippen molar-refractivity contribution in [1.82, 2.24) is 4.57 Å². The van der Waals surface area contributed by atoms with Crippen molar-refractivity contribution in [2.75, 3.05) is 7.11 Å². The van der Waals surface area contributed by atoms with Crippen molar-refractivity contribution in [3.05, 3.63) is 83.9 Å². The third-order valence-corrected chi connectivity index (χ3v) is 5.36. The van der Waals surface area contributed by atoms with Gasteiger partial charge in [0.2, 0.25) is 0 Å². The molecule has 152 valence electrons. The Kier molecular flexibility index (Phi) is 4.86. The Morgan fingerprint density at radius 2 is 1.57 bits per heavy atom. The number of aromatic hydroxyl groups is 1. The summed E-state index contributed by atoms with van der Waals surface area (Å²) in [4.78, 5) is 13.0. The molecule has 1 heterocycles. The van der Waals surface area contributed by atoms with Gasteiger partial charge in [-0.1, -0.05) is 75.4 Å². The maximum Gasteiger partial charge on any atom is 0.340 e. The number of aromatic nitrogens is 1. The number of phenolic OH excluding ortho intramolecular Hbond substituents is 1. The number of ether oxygens (including phenoxy) is 1. The van der Waals surface area contributed by atoms with E-state index in [9.17, 15) is 9.90 Å². The fourth-order valence-corrected chi connectivity index (χ4v) is 4.04. The van der Waals surface area contributed by atoms with Crippen molar-refractivity contribution in [2.24, 2.45) is 0 Å². The number of phenols is 1. The largest absolute Gasteiger partial charge is 0.507 e. The van der Waals surface area contributed by atoms with Crippen molar-refractivity contribution in [1.29, 1.82) is 0 Å². The normalized spacial score (nSPS) is 11.6. The van der Waals surface area contributed by atoms with Gasteiger partial charge in [0.05, 0.1) is 29.3 Å². The topological polar surface area (TPSA) is 51.5 Å². The van der Waals surface area contributed by atoms with Gasteiger partial charge >= 0.3 is 5.97 Å². The van der Waals surface area contributed by atoms with Crippen molar-refractivity contribution in [2.45, 2.75) is 26.2 Å². The van der Waals surface area contributed by atoms with Gasteiger partial charge in [0, 0.05) is 5.69 Å². The van der Waals surface area contributed by atoms with Gasteiger partial charge in [-0.2, -0.15) is 0 Å². The first-order valence-corrected chi connectivity index (χ1v) is 9.94. The number of methoxy groups -OCH3 is 1. The SMILES string of the molecule is COC(=O)c1c(-c2ccccc2)n(-c2ccccc2C(C)(C)C)c2cccc(O)c12. The molecule has 1 aromatic heterocycles. The van der Waals surface area contributed by atoms with E-state index in [-0.39, 0.29) is 11.2 Å². The molecule has 0 atom stereocenters. The van der Waals surface area contributed by atoms with Gasteiger partial charge < -0.3 is 14.4 Å². The number of para-hydroxylation sites is 1. The summed E-state index contributed by atoms with van der Waals surface area (Å²) in [5, 5.41) is 11.2. The number of esters is 1. The van der Waals surface area contributed by atoms with Crippen molar-refractivity contribution < 1.29 is 14.6 Å². The zero-order chi connectivity index (χ0) is 21.5. The molecule has 4 aromatic rings. The molecule has 30 heavy (non-hydrogen) atoms. The molecule has 0 amide bonds. The van der Waals surface area contributed by atoms with Crippen LogP contribution in [0.5, 0.6) is 5.75 Å². The summed E-state index contributed by atoms with van der Waals surface area (Å²) in [6.07, 6.45) is 0. The predicted molar refractivity (Wildman–Crippen MR) is 120 cm³/mol. The first-order valence-electron chi connectivity index (χ1n) is 9.94. The summed E-state index contributed by atoms with van der Waals surface area (Å²) in [6, 6.07) is 23.2. The fraction of sp³-hybridized carbons (Fsp3) is 0.192. The molecule has 4 rings (SSSR count). The lowest BCUT2D eigenvalue weighted by Gasteiger charge is -2.25. The molecular weight excluding hydrogens is 374 g/mol. The summed E-state index contributed by atoms with van der Waals surface area (Å²) in [6.45, 7) is 6.50. The molecule has 1 N–H and O–H groups in total. The van der Waals surface area contributed by atoms with Crippen LogP contribution in [-0.2, 0) is 10.2 Å². The summed E-state index contributed by atoms with van der Waals surface area (Å²) in [5.41, 5.74) is 4.68. The Morgan fingerprint density at radius 3 is 2.23 bits per heavy atom. The number of benzene rings is 3. The average molecular weight is 399 g/mol. The van der Waals surface area contributed by atoms with E-state index in [1.807, 2.05) is 48.5 Å². The Labute approximate surface area is 176 Å². The van der Waals surface area contributed by atoms with Gasteiger partial charge in [0.1, 0.15) is 5.75 Å². The summed E-state index contributed by atoms with van der Waals surface area (Å²) in [5.74, 6) is -0.426. The van der Waals surface area contributed by atoms with Gasteiger partial charge in [-0.3, -0.25) is 0 Å². The molecule has 0 aliphatic carbocycles. The highest BCUT2D eigenvalue weighted by molar-refractivity contribution is 6.13. The van der Waals surface area contributed by atoms with Crippen LogP contribution >= 0.6 is 0 Å². The molecule has 0 unspecified atom stereocenters. The lowest BCUT2D eigenvalue weighted by Crippen LogP contribution is -2.15. The van der Waals surface area contributed by atoms with Gasteiger partial charge in [-0.05, 0) is 34.7 Å². The average Bonchev–Trinajstić information content (AvgIpc) is 3.09. The van der Waals surface area contributed by atoms with E-state index in [4.69, 9.17) is 4.74 Å². The van der Waals surface area contributed by atoms with Crippen LogP contribution in [0.25, 0.3) is 27.8 Å². The Morgan fingerprint density at radius 1 is 0.900 bits per heavy atom. The Balaban J connectivity index is 2.25. The number of hydrogen-bond acceptors (Lipinski definition) is 3. The van der Waals surface area contributed by atoms with Gasteiger partial charge in [-0.25, -0.2) is 4.79 Å². The standard InChI is InChI=1S/C26H25NO3/c1-26(2,3)18-13-8-9-14-19(18)27-20-15-10-16-21(28)22(20)23(25(29)30-4)24(27)17-11-6-5-7-12-17/h5-16,28H,1-4H3. The van der Waals surface area contributed by atoms with Crippen molar-refractivity contribution in [3.63, 3.8) is 0 Å². The monoisotopic (exact) mass is 399 g/mol. The Bertz CT molecular complexity index is 1230. The molecule has 0 aliphatic heterocycles. The van der Waals surface area contributed by atoms with Gasteiger partial charge in [-0.15, -0.1) is 0 Å². The van der Waals surface area contributed by atoms with Gasteiger partial charge in [0.25, 0.3) is 0 Å². The minimum Gasteiger partial charge on any atom is -0.507 e. The van der Waals surface area contributed by atoms with E-state index >= 15 is 0 Å². The van der Waals surface area contributed by atoms with Crippen LogP contribution in [0, 0.1) is 0 Å². The van der Waals surface area contributed by atoms with E-state index in [0.717, 1.165) is 22.3 Å². The lowest BCUT2D eigenvalue weighted by atomic mass is 9.85. The molecule has 0 fully saturated rings. The number of rotatable bonds is 3. The van der Waals surface area contributed by atoms with E-state index < -0.39 is 5.97 Å². The second kappa shape index (κ2) is 7.38. The molecule has 0 saturated heterocycles. The van der Waals surface area contributed by atoms with Crippen LogP contribution in [0.2, 0.25) is 0 Å². The number of hydrogen-bond donors (Lipinski definition) is 1. The maximum atomic E-state index is 13.0. The first kappa shape index (κ1) is 19.8. The minimum atomic E-state index is -0.479. The molecule has 0 radical (unpaired) electrons. The maximum absolute atomic E-state index is 13.0. The highest BCUT2D eigenvalue weighted by Gasteiger charge is 2.29. The van der Waals surface area contributed by atoms with Gasteiger partial charge in [0.15, 0.2) is 0 Å². The highest BCUT2D eigenvalue weighted by atomic mass is 16.5. The minimum absolute atomic E-state index is 0.0528. The molecule has 3 aromatic carbocycles. The summed E-state index contributed by atoms with van der Waals surface area (Å²) < 4.78 is 7.21. The third kappa shape index (κ3) is 3.14. The van der Waals surface area contributed by atoms with Crippen LogP contribution in [0.4, 0.5) is 0 Å². The number of carbonyl (C=O) groups excluding carboxylic acids is 1. The van der Waals surface area contributed by atoms with E-state index in [1.165, 1.54) is 7.11 Å². The molecular formula is C26H25NO3. The van der Waals surface area contributed by atoms with Crippen LogP contribution in [0.1, 0.15) is 36.7 Å². The van der Waals surface area contributed by atoms with E-state index in [0.29, 0.717) is 16.6 Å². The molecule has 4 nitrogen and oxygen atoms in total. The summed E-state index contributed by atoms with van der Waals surface area (Å²) >= 11 is 0. The zero-order valence-corrected chi connectivity index (χ0v) is 17.6. The zero-order valence-electron chi connectivity index (χ0n) is 17.6. The van der Waals surface area contributed by atoms with Crippen molar-refractivity contribution in [3.8, 4) is 22.7 Å². The van der Waals surface area contributed by atoms with Crippen LogP contribution in [-0.4, -0.2) is 22.8 Å². The molecule has 0 spiro atoms. The molecule has 0 aliphatic rings. The second-order valence-electron chi connectivity index (χ2n) is 8.36. The number of carbonyl (C=O) groups is 1. The predicted octanol–water partition coefficient (Wildman–Crippen LogP) is 6.09. The van der Waals surface area contributed by atoms with Crippen molar-refractivity contribution >= 4 is 16.9 Å². The summed E-state index contributed by atoms with van der Waals surface area (Å²) in [7, 11) is 1.36. The molecule has 0 bridgehead atoms. The first-order chi connectivity index (χ1) is 14.3. The Hall–Kier alpha value is -3.53. The third-order valence-electron chi connectivity index (χ3n) is 5.36. The highest BCUT2D eigenvalue weighted by Crippen LogP contribution is 2.42. The molecule has 4 heteroatoms. The molecule has 0 saturated carbocycles. The number of nitrogens with zero attached hydrogens (tertiary/aromatic N) is 1. The number of fused-ring (bicyclic) bond motifs is 1. The fourth-order valence-electron chi connectivity index (χ4n) is 4.04. The van der Waals surface area contributed by atoms with E-state index in [2.05, 4.69) is 37.5 Å². The smallest absolute Gasteiger partial charge is 0.340 e. The van der Waals surface area contributed by atoms with Crippen LogP contribution < -0.4 is 0 Å². The second-order valence-corrected chi connectivity index (χ2v) is 8.36. The lowest BCUT2D eigenvalue weighted by molar-refractivity contribution is 0.0603. The van der Waals surface area contributed by atoms with Crippen LogP contribution in [0.3, 0.4) is 0 Å².